The van der Waals surface area contributed by atoms with E-state index in [9.17, 15) is 13.9 Å². The Balaban J connectivity index is 1.63. The highest BCUT2D eigenvalue weighted by atomic mass is 19.2. The van der Waals surface area contributed by atoms with Crippen LogP contribution in [-0.4, -0.2) is 46.6 Å². The normalized spacial score (nSPS) is 14.9. The summed E-state index contributed by atoms with van der Waals surface area (Å²) in [5.74, 6) is -2.76. The largest absolute Gasteiger partial charge is 0.494 e. The number of anilines is 1. The molecule has 0 radical (unpaired) electrons. The van der Waals surface area contributed by atoms with Gasteiger partial charge in [0.2, 0.25) is 23.4 Å². The number of nitrogens with one attached hydrogen (secondary N) is 1. The number of imidazole rings is 1. The summed E-state index contributed by atoms with van der Waals surface area (Å²) in [5, 5.41) is 17.4. The first-order valence-electron chi connectivity index (χ1n) is 9.16. The van der Waals surface area contributed by atoms with Crippen molar-refractivity contribution in [3.05, 3.63) is 36.0 Å². The maximum atomic E-state index is 14.3. The number of nitrogens with zero attached hydrogens (tertiary/aromatic N) is 3. The van der Waals surface area contributed by atoms with Crippen molar-refractivity contribution in [1.29, 1.82) is 0 Å². The number of methoxy groups -OCH3 is 1. The van der Waals surface area contributed by atoms with Crippen molar-refractivity contribution in [3.8, 4) is 23.3 Å². The zero-order valence-electron chi connectivity index (χ0n) is 15.7. The number of ether oxygens (including phenoxy) is 3. The van der Waals surface area contributed by atoms with Gasteiger partial charge in [0.15, 0.2) is 17.1 Å². The minimum atomic E-state index is -1.20. The van der Waals surface area contributed by atoms with E-state index in [0.717, 1.165) is 26.1 Å². The van der Waals surface area contributed by atoms with Gasteiger partial charge in [0.05, 0.1) is 19.0 Å². The minimum absolute atomic E-state index is 0.0382. The van der Waals surface area contributed by atoms with E-state index >= 15 is 0 Å². The fraction of sp³-hybridized carbons (Fsp3) is 0.368. The Kier molecular flexibility index (Phi) is 5.34. The van der Waals surface area contributed by atoms with Crippen molar-refractivity contribution >= 4 is 11.3 Å². The Labute approximate surface area is 165 Å². The fourth-order valence-corrected chi connectivity index (χ4v) is 3.18. The first-order valence-corrected chi connectivity index (χ1v) is 9.16. The van der Waals surface area contributed by atoms with Crippen LogP contribution in [0.25, 0.3) is 5.65 Å². The van der Waals surface area contributed by atoms with Gasteiger partial charge in [0, 0.05) is 25.8 Å². The molecule has 0 bridgehead atoms. The standard InChI is InChI=1S/C19H20F2N4O4/c1-27-13-2-3-14(18(21)17(13)20)29-15-8-12(19-23-10-16(26)25(19)24-15)22-9-11-4-6-28-7-5-11/h2-3,8,10-11,22,26H,4-7,9H2,1H3. The van der Waals surface area contributed by atoms with Gasteiger partial charge in [0.25, 0.3) is 0 Å². The molecule has 0 aliphatic carbocycles. The predicted molar refractivity (Wildman–Crippen MR) is 99.7 cm³/mol. The molecule has 0 saturated carbocycles. The van der Waals surface area contributed by atoms with Gasteiger partial charge >= 0.3 is 0 Å². The summed E-state index contributed by atoms with van der Waals surface area (Å²) in [5.41, 5.74) is 0.944. The number of fused-ring (bicyclic) bond motifs is 1. The third-order valence-electron chi connectivity index (χ3n) is 4.80. The second-order valence-corrected chi connectivity index (χ2v) is 6.68. The van der Waals surface area contributed by atoms with Crippen molar-refractivity contribution in [1.82, 2.24) is 14.6 Å². The summed E-state index contributed by atoms with van der Waals surface area (Å²) in [6.07, 6.45) is 3.13. The van der Waals surface area contributed by atoms with Crippen LogP contribution in [-0.2, 0) is 4.74 Å². The second kappa shape index (κ2) is 8.08. The molecule has 2 N–H and O–H groups in total. The van der Waals surface area contributed by atoms with E-state index in [1.165, 1.54) is 36.0 Å². The minimum Gasteiger partial charge on any atom is -0.494 e. The quantitative estimate of drug-likeness (QED) is 0.649. The number of hydrogen-bond donors (Lipinski definition) is 2. The van der Waals surface area contributed by atoms with Gasteiger partial charge in [-0.25, -0.2) is 4.98 Å². The van der Waals surface area contributed by atoms with E-state index in [1.807, 2.05) is 0 Å². The Bertz CT molecular complexity index is 1020. The molecule has 3 heterocycles. The average Bonchev–Trinajstić information content (AvgIpc) is 3.11. The highest BCUT2D eigenvalue weighted by molar-refractivity contribution is 5.69. The molecule has 1 aromatic carbocycles. The van der Waals surface area contributed by atoms with E-state index in [1.54, 1.807) is 0 Å². The molecule has 0 spiro atoms. The van der Waals surface area contributed by atoms with Gasteiger partial charge in [-0.05, 0) is 30.9 Å². The monoisotopic (exact) mass is 406 g/mol. The molecular weight excluding hydrogens is 386 g/mol. The predicted octanol–water partition coefficient (Wildman–Crippen LogP) is 3.35. The van der Waals surface area contributed by atoms with Gasteiger partial charge in [-0.3, -0.25) is 0 Å². The van der Waals surface area contributed by atoms with Gasteiger partial charge in [-0.15, -0.1) is 5.10 Å². The molecule has 8 nitrogen and oxygen atoms in total. The average molecular weight is 406 g/mol. The van der Waals surface area contributed by atoms with Crippen molar-refractivity contribution in [2.45, 2.75) is 12.8 Å². The molecule has 0 atom stereocenters. The van der Waals surface area contributed by atoms with Crippen LogP contribution in [0.4, 0.5) is 14.5 Å². The van der Waals surface area contributed by atoms with Crippen molar-refractivity contribution < 1.29 is 28.1 Å². The second-order valence-electron chi connectivity index (χ2n) is 6.68. The summed E-state index contributed by atoms with van der Waals surface area (Å²) in [7, 11) is 1.24. The molecule has 1 aliphatic heterocycles. The zero-order valence-corrected chi connectivity index (χ0v) is 15.7. The molecule has 2 aromatic heterocycles. The Morgan fingerprint density at radius 3 is 2.72 bits per heavy atom. The smallest absolute Gasteiger partial charge is 0.239 e. The molecule has 0 unspecified atom stereocenters. The van der Waals surface area contributed by atoms with Crippen LogP contribution in [0.2, 0.25) is 0 Å². The molecule has 154 valence electrons. The maximum Gasteiger partial charge on any atom is 0.239 e. The van der Waals surface area contributed by atoms with Gasteiger partial charge < -0.3 is 24.6 Å². The third kappa shape index (κ3) is 3.88. The van der Waals surface area contributed by atoms with Crippen LogP contribution in [0, 0.1) is 17.6 Å². The van der Waals surface area contributed by atoms with Crippen molar-refractivity contribution in [3.63, 3.8) is 0 Å². The lowest BCUT2D eigenvalue weighted by atomic mass is 10.0. The van der Waals surface area contributed by atoms with Crippen LogP contribution in [0.1, 0.15) is 12.8 Å². The Hall–Kier alpha value is -3.14. The fourth-order valence-electron chi connectivity index (χ4n) is 3.18. The Morgan fingerprint density at radius 2 is 1.97 bits per heavy atom. The lowest BCUT2D eigenvalue weighted by Crippen LogP contribution is -2.22. The van der Waals surface area contributed by atoms with E-state index in [4.69, 9.17) is 14.2 Å². The topological polar surface area (TPSA) is 90.1 Å². The van der Waals surface area contributed by atoms with Crippen molar-refractivity contribution in [2.24, 2.45) is 5.92 Å². The van der Waals surface area contributed by atoms with Crippen molar-refractivity contribution in [2.75, 3.05) is 32.2 Å². The summed E-state index contributed by atoms with van der Waals surface area (Å²) < 4.78 is 45.0. The lowest BCUT2D eigenvalue weighted by molar-refractivity contribution is 0.0699. The van der Waals surface area contributed by atoms with Crippen LogP contribution in [0.15, 0.2) is 24.4 Å². The van der Waals surface area contributed by atoms with Gasteiger partial charge in [-0.2, -0.15) is 13.3 Å². The summed E-state index contributed by atoms with van der Waals surface area (Å²) in [4.78, 5) is 4.14. The van der Waals surface area contributed by atoms with E-state index in [0.29, 0.717) is 23.8 Å². The van der Waals surface area contributed by atoms with Crippen LogP contribution < -0.4 is 14.8 Å². The summed E-state index contributed by atoms with van der Waals surface area (Å²) in [6.45, 7) is 2.11. The van der Waals surface area contributed by atoms with Crippen LogP contribution in [0.5, 0.6) is 23.3 Å². The molecule has 0 amide bonds. The number of hydrogen-bond acceptors (Lipinski definition) is 7. The molecule has 1 fully saturated rings. The zero-order chi connectivity index (χ0) is 20.4. The molecule has 1 saturated heterocycles. The van der Waals surface area contributed by atoms with Gasteiger partial charge in [-0.1, -0.05) is 0 Å². The van der Waals surface area contributed by atoms with Gasteiger partial charge in [0.1, 0.15) is 0 Å². The maximum absolute atomic E-state index is 14.3. The number of aromatic nitrogens is 3. The summed E-state index contributed by atoms with van der Waals surface area (Å²) in [6, 6.07) is 4.03. The molecule has 1 aliphatic rings. The summed E-state index contributed by atoms with van der Waals surface area (Å²) >= 11 is 0. The first-order chi connectivity index (χ1) is 14.1. The first kappa shape index (κ1) is 19.2. The van der Waals surface area contributed by atoms with E-state index in [-0.39, 0.29) is 23.3 Å². The van der Waals surface area contributed by atoms with Crippen LogP contribution >= 0.6 is 0 Å². The number of benzene rings is 1. The van der Waals surface area contributed by atoms with E-state index < -0.39 is 11.6 Å². The van der Waals surface area contributed by atoms with Crippen LogP contribution in [0.3, 0.4) is 0 Å². The molecular formula is C19H20F2N4O4. The highest BCUT2D eigenvalue weighted by Gasteiger charge is 2.19. The molecule has 3 aromatic rings. The lowest BCUT2D eigenvalue weighted by Gasteiger charge is -2.22. The number of rotatable bonds is 6. The third-order valence-corrected chi connectivity index (χ3v) is 4.80. The SMILES string of the molecule is COc1ccc(Oc2cc(NCC3CCOCC3)c3ncc(O)n3n2)c(F)c1F. The molecule has 4 rings (SSSR count). The highest BCUT2D eigenvalue weighted by Crippen LogP contribution is 2.32. The number of halogens is 2. The Morgan fingerprint density at radius 1 is 1.24 bits per heavy atom. The number of aromatic hydroxyl groups is 1. The molecule has 29 heavy (non-hydrogen) atoms. The molecule has 10 heteroatoms. The van der Waals surface area contributed by atoms with E-state index in [2.05, 4.69) is 15.4 Å².